The lowest BCUT2D eigenvalue weighted by Gasteiger charge is -2.35. The van der Waals surface area contributed by atoms with E-state index in [0.29, 0.717) is 35.6 Å². The van der Waals surface area contributed by atoms with Crippen molar-refractivity contribution in [1.82, 2.24) is 0 Å². The summed E-state index contributed by atoms with van der Waals surface area (Å²) in [5.74, 6) is 1.82. The number of anilines is 2. The molecule has 1 heterocycles. The summed E-state index contributed by atoms with van der Waals surface area (Å²) in [6, 6.07) is 20.5. The maximum atomic E-state index is 14.1. The number of carbonyl (C=O) groups is 2. The maximum absolute atomic E-state index is 14.1. The van der Waals surface area contributed by atoms with Crippen molar-refractivity contribution in [2.75, 3.05) is 24.4 Å². The van der Waals surface area contributed by atoms with Crippen LogP contribution in [0.4, 0.5) is 11.4 Å². The third kappa shape index (κ3) is 5.09. The molecule has 2 unspecified atom stereocenters. The van der Waals surface area contributed by atoms with Crippen molar-refractivity contribution in [3.05, 3.63) is 89.1 Å². The van der Waals surface area contributed by atoms with Crippen molar-refractivity contribution in [2.45, 2.75) is 51.7 Å². The highest BCUT2D eigenvalue weighted by molar-refractivity contribution is 6.06. The van der Waals surface area contributed by atoms with Crippen LogP contribution in [0.25, 0.3) is 0 Å². The molecule has 1 amide bonds. The van der Waals surface area contributed by atoms with E-state index < -0.39 is 6.04 Å². The Bertz CT molecular complexity index is 1430. The normalized spacial score (nSPS) is 18.6. The number of nitrogens with zero attached hydrogens (tertiary/aromatic N) is 1. The number of hydrogen-bond acceptors (Lipinski definition) is 6. The summed E-state index contributed by atoms with van der Waals surface area (Å²) in [4.78, 5) is 29.1. The second-order valence-corrected chi connectivity index (χ2v) is 10.2. The van der Waals surface area contributed by atoms with Crippen LogP contribution < -0.4 is 24.4 Å². The highest BCUT2D eigenvalue weighted by Gasteiger charge is 2.42. The van der Waals surface area contributed by atoms with E-state index in [4.69, 9.17) is 14.2 Å². The van der Waals surface area contributed by atoms with E-state index in [9.17, 15) is 9.59 Å². The Morgan fingerprint density at radius 3 is 2.33 bits per heavy atom. The van der Waals surface area contributed by atoms with E-state index in [0.717, 1.165) is 28.3 Å². The lowest BCUT2D eigenvalue weighted by atomic mass is 9.78. The summed E-state index contributed by atoms with van der Waals surface area (Å²) < 4.78 is 17.0. The van der Waals surface area contributed by atoms with Gasteiger partial charge in [-0.05, 0) is 68.1 Å². The zero-order valence-electron chi connectivity index (χ0n) is 23.0. The van der Waals surface area contributed by atoms with Crippen LogP contribution in [0, 0.1) is 0 Å². The molecule has 1 aliphatic heterocycles. The number of hydrogen-bond donors (Lipinski definition) is 1. The Balaban J connectivity index is 1.68. The van der Waals surface area contributed by atoms with Gasteiger partial charge in [0.05, 0.1) is 37.7 Å². The summed E-state index contributed by atoms with van der Waals surface area (Å²) in [6.45, 7) is 5.46. The molecule has 7 nitrogen and oxygen atoms in total. The van der Waals surface area contributed by atoms with Gasteiger partial charge in [-0.1, -0.05) is 24.3 Å². The van der Waals surface area contributed by atoms with Crippen LogP contribution in [-0.2, 0) is 9.59 Å². The van der Waals surface area contributed by atoms with Crippen LogP contribution in [-0.4, -0.2) is 32.0 Å². The molecule has 0 bridgehead atoms. The maximum Gasteiger partial charge on any atom is 0.224 e. The first-order valence-electron chi connectivity index (χ1n) is 13.2. The molecule has 202 valence electrons. The third-order valence-electron chi connectivity index (χ3n) is 7.29. The molecule has 2 atom stereocenters. The van der Waals surface area contributed by atoms with Crippen LogP contribution in [0.5, 0.6) is 17.2 Å². The number of allylic oxidation sites excluding steroid dienone is 1. The van der Waals surface area contributed by atoms with Gasteiger partial charge in [-0.3, -0.25) is 14.5 Å². The van der Waals surface area contributed by atoms with Crippen LogP contribution in [0.15, 0.2) is 78.0 Å². The lowest BCUT2D eigenvalue weighted by Crippen LogP contribution is -2.37. The van der Waals surface area contributed by atoms with E-state index in [-0.39, 0.29) is 23.7 Å². The van der Waals surface area contributed by atoms with Crippen molar-refractivity contribution in [2.24, 2.45) is 0 Å². The molecule has 0 spiro atoms. The molecule has 0 fully saturated rings. The first-order valence-corrected chi connectivity index (χ1v) is 13.2. The van der Waals surface area contributed by atoms with Crippen LogP contribution >= 0.6 is 0 Å². The topological polar surface area (TPSA) is 77.1 Å². The number of nitrogens with one attached hydrogen (secondary N) is 1. The van der Waals surface area contributed by atoms with E-state index in [1.54, 1.807) is 19.1 Å². The smallest absolute Gasteiger partial charge is 0.224 e. The Morgan fingerprint density at radius 1 is 0.949 bits per heavy atom. The lowest BCUT2D eigenvalue weighted by molar-refractivity contribution is -0.117. The molecular weight excluding hydrogens is 492 g/mol. The largest absolute Gasteiger partial charge is 0.497 e. The number of methoxy groups -OCH3 is 2. The zero-order valence-corrected chi connectivity index (χ0v) is 23.0. The molecule has 1 N–H and O–H groups in total. The number of Topliss-reactive ketones (excluding diaryl/α,β-unsaturated/α-hetero) is 1. The van der Waals surface area contributed by atoms with Gasteiger partial charge >= 0.3 is 0 Å². The third-order valence-corrected chi connectivity index (χ3v) is 7.29. The first kappa shape index (κ1) is 26.4. The summed E-state index contributed by atoms with van der Waals surface area (Å²) in [7, 11) is 3.23. The number of benzene rings is 3. The van der Waals surface area contributed by atoms with Gasteiger partial charge in [0, 0.05) is 36.2 Å². The predicted molar refractivity (Wildman–Crippen MR) is 152 cm³/mol. The van der Waals surface area contributed by atoms with E-state index >= 15 is 0 Å². The fourth-order valence-electron chi connectivity index (χ4n) is 5.61. The molecule has 7 heteroatoms. The van der Waals surface area contributed by atoms with E-state index in [1.165, 1.54) is 6.92 Å². The highest BCUT2D eigenvalue weighted by Crippen LogP contribution is 2.49. The second-order valence-electron chi connectivity index (χ2n) is 10.2. The minimum atomic E-state index is -0.666. The monoisotopic (exact) mass is 526 g/mol. The Morgan fingerprint density at radius 2 is 1.67 bits per heavy atom. The SMILES string of the molecule is COc1ccc(C2CC(=O)C3=C(C2)Nc2ccccc2N(C(C)=O)C3c2ccc(OC(C)C)cc2OC)cc1. The Labute approximate surface area is 229 Å². The van der Waals surface area contributed by atoms with Crippen molar-refractivity contribution < 1.29 is 23.8 Å². The molecule has 0 aromatic heterocycles. The molecule has 39 heavy (non-hydrogen) atoms. The molecular formula is C32H34N2O5. The zero-order chi connectivity index (χ0) is 27.7. The van der Waals surface area contributed by atoms with Crippen molar-refractivity contribution in [1.29, 1.82) is 0 Å². The van der Waals surface area contributed by atoms with E-state index in [2.05, 4.69) is 5.32 Å². The number of carbonyl (C=O) groups excluding carboxylic acids is 2. The average Bonchev–Trinajstić information content (AvgIpc) is 3.07. The number of amides is 1. The second kappa shape index (κ2) is 10.8. The number of ether oxygens (including phenoxy) is 3. The first-order chi connectivity index (χ1) is 18.8. The number of para-hydroxylation sites is 2. The van der Waals surface area contributed by atoms with Crippen molar-refractivity contribution >= 4 is 23.1 Å². The van der Waals surface area contributed by atoms with Gasteiger partial charge in [-0.15, -0.1) is 0 Å². The highest BCUT2D eigenvalue weighted by atomic mass is 16.5. The molecule has 5 rings (SSSR count). The molecule has 1 aliphatic carbocycles. The molecule has 3 aromatic rings. The van der Waals surface area contributed by atoms with Gasteiger partial charge in [0.25, 0.3) is 0 Å². The summed E-state index contributed by atoms with van der Waals surface area (Å²) in [6.07, 6.45) is 0.954. The minimum absolute atomic E-state index is 0.00168. The van der Waals surface area contributed by atoms with Gasteiger partial charge in [-0.25, -0.2) is 0 Å². The predicted octanol–water partition coefficient (Wildman–Crippen LogP) is 6.41. The fraction of sp³-hybridized carbons (Fsp3) is 0.312. The van der Waals surface area contributed by atoms with Crippen LogP contribution in [0.2, 0.25) is 0 Å². The van der Waals surface area contributed by atoms with Gasteiger partial charge in [0.2, 0.25) is 5.91 Å². The Kier molecular flexibility index (Phi) is 7.33. The van der Waals surface area contributed by atoms with Crippen molar-refractivity contribution in [3.63, 3.8) is 0 Å². The number of rotatable bonds is 6. The minimum Gasteiger partial charge on any atom is -0.497 e. The Hall–Kier alpha value is -4.26. The van der Waals surface area contributed by atoms with Crippen molar-refractivity contribution in [3.8, 4) is 17.2 Å². The van der Waals surface area contributed by atoms with Gasteiger partial charge in [0.15, 0.2) is 5.78 Å². The van der Waals surface area contributed by atoms with E-state index in [1.807, 2.05) is 80.6 Å². The standard InChI is InChI=1S/C32H34N2O5/c1-19(2)39-24-14-15-25(30(18-24)38-5)32-31-27(33-26-8-6-7-9-28(26)34(32)20(3)35)16-22(17-29(31)36)21-10-12-23(37-4)13-11-21/h6-15,18-19,22,32-33H,16-17H2,1-5H3. The van der Waals surface area contributed by atoms with Gasteiger partial charge in [0.1, 0.15) is 17.2 Å². The summed E-state index contributed by atoms with van der Waals surface area (Å²) >= 11 is 0. The summed E-state index contributed by atoms with van der Waals surface area (Å²) in [5.41, 5.74) is 4.70. The number of ketones is 1. The summed E-state index contributed by atoms with van der Waals surface area (Å²) in [5, 5.41) is 3.55. The molecule has 0 saturated carbocycles. The van der Waals surface area contributed by atoms with Gasteiger partial charge < -0.3 is 19.5 Å². The molecule has 3 aromatic carbocycles. The average molecular weight is 527 g/mol. The molecule has 0 saturated heterocycles. The molecule has 2 aliphatic rings. The van der Waals surface area contributed by atoms with Crippen LogP contribution in [0.3, 0.4) is 0 Å². The quantitative estimate of drug-likeness (QED) is 0.400. The van der Waals surface area contributed by atoms with Crippen LogP contribution in [0.1, 0.15) is 56.7 Å². The number of fused-ring (bicyclic) bond motifs is 1. The molecule has 0 radical (unpaired) electrons. The van der Waals surface area contributed by atoms with Gasteiger partial charge in [-0.2, -0.15) is 0 Å². The fourth-order valence-corrected chi connectivity index (χ4v) is 5.61.